The van der Waals surface area contributed by atoms with Crippen molar-refractivity contribution in [2.45, 2.75) is 26.7 Å². The maximum atomic E-state index is 12.0. The zero-order valence-corrected chi connectivity index (χ0v) is 13.8. The predicted octanol–water partition coefficient (Wildman–Crippen LogP) is 2.02. The van der Waals surface area contributed by atoms with E-state index >= 15 is 0 Å². The van der Waals surface area contributed by atoms with Crippen molar-refractivity contribution in [1.29, 1.82) is 0 Å². The number of hydrogen-bond donors (Lipinski definition) is 3. The van der Waals surface area contributed by atoms with Crippen LogP contribution in [0.25, 0.3) is 0 Å². The molecule has 2 rings (SSSR count). The summed E-state index contributed by atoms with van der Waals surface area (Å²) in [7, 11) is 0. The fraction of sp³-hybridized carbons (Fsp3) is 0.294. The lowest BCUT2D eigenvalue weighted by molar-refractivity contribution is -0.116. The first-order valence-electron chi connectivity index (χ1n) is 7.70. The van der Waals surface area contributed by atoms with Gasteiger partial charge >= 0.3 is 0 Å². The molecule has 0 aliphatic carbocycles. The van der Waals surface area contributed by atoms with Crippen LogP contribution in [0.3, 0.4) is 0 Å². The fourth-order valence-electron chi connectivity index (χ4n) is 2.27. The van der Waals surface area contributed by atoms with Crippen LogP contribution >= 0.6 is 0 Å². The highest BCUT2D eigenvalue weighted by molar-refractivity contribution is 6.02. The smallest absolute Gasteiger partial charge is 0.250 e. The first-order valence-corrected chi connectivity index (χ1v) is 7.70. The molecule has 0 aliphatic heterocycles. The molecule has 4 N–H and O–H groups in total. The Morgan fingerprint density at radius 1 is 1.12 bits per heavy atom. The Morgan fingerprint density at radius 3 is 2.46 bits per heavy atom. The number of hydrogen-bond acceptors (Lipinski definition) is 5. The third kappa shape index (κ3) is 5.05. The van der Waals surface area contributed by atoms with Crippen LogP contribution in [-0.2, 0) is 4.79 Å². The summed E-state index contributed by atoms with van der Waals surface area (Å²) in [6, 6.07) is 8.57. The molecule has 1 aromatic heterocycles. The summed E-state index contributed by atoms with van der Waals surface area (Å²) in [5, 5.41) is 5.81. The van der Waals surface area contributed by atoms with E-state index < -0.39 is 5.91 Å². The topological polar surface area (TPSA) is 110 Å². The Kier molecular flexibility index (Phi) is 5.83. The number of anilines is 2. The van der Waals surface area contributed by atoms with Crippen molar-refractivity contribution in [3.05, 3.63) is 47.3 Å². The third-order valence-electron chi connectivity index (χ3n) is 3.31. The number of amides is 2. The number of para-hydroxylation sites is 1. The van der Waals surface area contributed by atoms with Crippen LogP contribution in [0.5, 0.6) is 0 Å². The van der Waals surface area contributed by atoms with E-state index in [9.17, 15) is 9.59 Å². The molecule has 0 saturated carbocycles. The summed E-state index contributed by atoms with van der Waals surface area (Å²) in [4.78, 5) is 31.9. The lowest BCUT2D eigenvalue weighted by Crippen LogP contribution is -2.18. The monoisotopic (exact) mass is 327 g/mol. The molecule has 0 radical (unpaired) electrons. The average Bonchev–Trinajstić information content (AvgIpc) is 2.51. The predicted molar refractivity (Wildman–Crippen MR) is 92.8 cm³/mol. The molecule has 2 aromatic rings. The van der Waals surface area contributed by atoms with E-state index in [1.165, 1.54) is 0 Å². The lowest BCUT2D eigenvalue weighted by atomic mass is 10.1. The van der Waals surface area contributed by atoms with Crippen LogP contribution in [0.1, 0.15) is 34.6 Å². The van der Waals surface area contributed by atoms with Crippen LogP contribution in [0.2, 0.25) is 0 Å². The molecule has 2 amide bonds. The van der Waals surface area contributed by atoms with E-state index in [1.807, 2.05) is 19.9 Å². The molecule has 7 heteroatoms. The molecule has 1 aromatic carbocycles. The number of benzene rings is 1. The molecule has 0 bridgehead atoms. The molecule has 1 heterocycles. The van der Waals surface area contributed by atoms with E-state index in [2.05, 4.69) is 20.6 Å². The summed E-state index contributed by atoms with van der Waals surface area (Å²) in [6.45, 7) is 4.39. The number of aromatic nitrogens is 2. The Balaban J connectivity index is 1.81. The molecule has 0 unspecified atom stereocenters. The molecule has 7 nitrogen and oxygen atoms in total. The van der Waals surface area contributed by atoms with Gasteiger partial charge in [-0.15, -0.1) is 0 Å². The second-order valence-corrected chi connectivity index (χ2v) is 5.46. The van der Waals surface area contributed by atoms with Gasteiger partial charge in [-0.1, -0.05) is 12.1 Å². The minimum Gasteiger partial charge on any atom is -0.366 e. The molecule has 0 atom stereocenters. The number of nitrogens with two attached hydrogens (primary N) is 1. The SMILES string of the molecule is Cc1cc(C)nc(NCCCC(=O)Nc2ccccc2C(N)=O)n1. The third-order valence-corrected chi connectivity index (χ3v) is 3.31. The van der Waals surface area contributed by atoms with Crippen LogP contribution in [0, 0.1) is 13.8 Å². The van der Waals surface area contributed by atoms with E-state index in [0.29, 0.717) is 36.6 Å². The highest BCUT2D eigenvalue weighted by Gasteiger charge is 2.10. The highest BCUT2D eigenvalue weighted by atomic mass is 16.2. The normalized spacial score (nSPS) is 10.2. The largest absolute Gasteiger partial charge is 0.366 e. The average molecular weight is 327 g/mol. The van der Waals surface area contributed by atoms with Crippen LogP contribution in [0.15, 0.2) is 30.3 Å². The van der Waals surface area contributed by atoms with Crippen LogP contribution in [0.4, 0.5) is 11.6 Å². The maximum Gasteiger partial charge on any atom is 0.250 e. The first kappa shape index (κ1) is 17.4. The van der Waals surface area contributed by atoms with Gasteiger partial charge in [-0.05, 0) is 38.5 Å². The Morgan fingerprint density at radius 2 is 1.79 bits per heavy atom. The van der Waals surface area contributed by atoms with Gasteiger partial charge in [-0.2, -0.15) is 0 Å². The lowest BCUT2D eigenvalue weighted by Gasteiger charge is -2.09. The van der Waals surface area contributed by atoms with E-state index in [-0.39, 0.29) is 5.91 Å². The van der Waals surface area contributed by atoms with Gasteiger partial charge in [0.2, 0.25) is 11.9 Å². The van der Waals surface area contributed by atoms with Crippen molar-refractivity contribution in [3.8, 4) is 0 Å². The Bertz CT molecular complexity index is 725. The number of nitrogens with zero attached hydrogens (tertiary/aromatic N) is 2. The van der Waals surface area contributed by atoms with Crippen molar-refractivity contribution in [2.24, 2.45) is 5.73 Å². The minimum absolute atomic E-state index is 0.174. The maximum absolute atomic E-state index is 12.0. The van der Waals surface area contributed by atoms with Gasteiger partial charge in [0, 0.05) is 24.4 Å². The molecule has 0 fully saturated rings. The van der Waals surface area contributed by atoms with Gasteiger partial charge in [-0.3, -0.25) is 9.59 Å². The summed E-state index contributed by atoms with van der Waals surface area (Å²) in [5.41, 5.74) is 7.80. The van der Waals surface area contributed by atoms with Crippen molar-refractivity contribution >= 4 is 23.5 Å². The second kappa shape index (κ2) is 8.05. The van der Waals surface area contributed by atoms with Gasteiger partial charge in [0.25, 0.3) is 5.91 Å². The minimum atomic E-state index is -0.570. The molecular weight excluding hydrogens is 306 g/mol. The van der Waals surface area contributed by atoms with Crippen molar-refractivity contribution in [1.82, 2.24) is 9.97 Å². The van der Waals surface area contributed by atoms with Crippen molar-refractivity contribution in [3.63, 3.8) is 0 Å². The van der Waals surface area contributed by atoms with Crippen molar-refractivity contribution < 1.29 is 9.59 Å². The zero-order valence-electron chi connectivity index (χ0n) is 13.8. The molecule has 0 aliphatic rings. The summed E-state index contributed by atoms with van der Waals surface area (Å²) in [5.74, 6) is -0.182. The van der Waals surface area contributed by atoms with E-state index in [0.717, 1.165) is 11.4 Å². The summed E-state index contributed by atoms with van der Waals surface area (Å²) >= 11 is 0. The molecule has 24 heavy (non-hydrogen) atoms. The zero-order chi connectivity index (χ0) is 17.5. The number of aryl methyl sites for hydroxylation is 2. The number of primary amides is 1. The van der Waals surface area contributed by atoms with Crippen LogP contribution < -0.4 is 16.4 Å². The number of carbonyl (C=O) groups is 2. The number of carbonyl (C=O) groups excluding carboxylic acids is 2. The fourth-order valence-corrected chi connectivity index (χ4v) is 2.27. The Hall–Kier alpha value is -2.96. The van der Waals surface area contributed by atoms with Gasteiger partial charge in [0.15, 0.2) is 0 Å². The van der Waals surface area contributed by atoms with Crippen LogP contribution in [-0.4, -0.2) is 28.3 Å². The number of rotatable bonds is 7. The molecule has 0 spiro atoms. The number of nitrogens with one attached hydrogen (secondary N) is 2. The Labute approximate surface area is 140 Å². The van der Waals surface area contributed by atoms with Gasteiger partial charge in [0.1, 0.15) is 0 Å². The standard InChI is InChI=1S/C17H21N5O2/c1-11-10-12(2)21-17(20-11)19-9-5-8-15(23)22-14-7-4-3-6-13(14)16(18)24/h3-4,6-7,10H,5,8-9H2,1-2H3,(H2,18,24)(H,22,23)(H,19,20,21). The molecule has 126 valence electrons. The summed E-state index contributed by atoms with van der Waals surface area (Å²) < 4.78 is 0. The van der Waals surface area contributed by atoms with Gasteiger partial charge in [0.05, 0.1) is 11.3 Å². The van der Waals surface area contributed by atoms with Gasteiger partial charge in [-0.25, -0.2) is 9.97 Å². The van der Waals surface area contributed by atoms with E-state index in [4.69, 9.17) is 5.73 Å². The van der Waals surface area contributed by atoms with Gasteiger partial charge < -0.3 is 16.4 Å². The van der Waals surface area contributed by atoms with E-state index in [1.54, 1.807) is 24.3 Å². The highest BCUT2D eigenvalue weighted by Crippen LogP contribution is 2.14. The summed E-state index contributed by atoms with van der Waals surface area (Å²) in [6.07, 6.45) is 0.922. The first-order chi connectivity index (χ1) is 11.5. The molecular formula is C17H21N5O2. The van der Waals surface area contributed by atoms with Crippen molar-refractivity contribution in [2.75, 3.05) is 17.2 Å². The quantitative estimate of drug-likeness (QED) is 0.674. The second-order valence-electron chi connectivity index (χ2n) is 5.46. The molecule has 0 saturated heterocycles.